The number of oxazole rings is 1. The third-order valence-electron chi connectivity index (χ3n) is 7.11. The summed E-state index contributed by atoms with van der Waals surface area (Å²) in [5.74, 6) is 0.305. The Morgan fingerprint density at radius 3 is 2.66 bits per heavy atom. The van der Waals surface area contributed by atoms with Gasteiger partial charge < -0.3 is 9.32 Å². The second kappa shape index (κ2) is 9.83. The molecule has 5 heterocycles. The Labute approximate surface area is 220 Å². The van der Waals surface area contributed by atoms with Crippen molar-refractivity contribution in [3.05, 3.63) is 72.5 Å². The van der Waals surface area contributed by atoms with Crippen LogP contribution in [0.4, 0.5) is 0 Å². The normalized spacial score (nSPS) is 14.5. The molecule has 192 valence electrons. The number of aromatic nitrogens is 5. The number of hydrogen-bond donors (Lipinski definition) is 1. The molecule has 1 aliphatic heterocycles. The molecule has 0 saturated carbocycles. The van der Waals surface area contributed by atoms with Gasteiger partial charge in [-0.1, -0.05) is 6.07 Å². The molecule has 0 bridgehead atoms. The number of H-pyrrole nitrogens is 1. The van der Waals surface area contributed by atoms with E-state index in [1.54, 1.807) is 6.20 Å². The first-order valence-electron chi connectivity index (χ1n) is 12.8. The van der Waals surface area contributed by atoms with Crippen molar-refractivity contribution in [2.75, 3.05) is 26.2 Å². The van der Waals surface area contributed by atoms with Gasteiger partial charge in [0.2, 0.25) is 5.89 Å². The molecular formula is C29H29N7O2. The van der Waals surface area contributed by atoms with E-state index in [9.17, 15) is 4.79 Å². The molecule has 0 unspecified atom stereocenters. The largest absolute Gasteiger partial charge is 0.444 e. The molecule has 1 saturated heterocycles. The number of fused-ring (bicyclic) bond motifs is 1. The SMILES string of the molecule is Cc1cccc(-c2n[nH]cc2-c2ccnc3ccc(-c4nc(C(=O)N5CCN(C(C)C)CC5)co4)cc23)n1. The number of carbonyl (C=O) groups is 1. The number of hydrogen-bond acceptors (Lipinski definition) is 7. The minimum Gasteiger partial charge on any atom is -0.444 e. The van der Waals surface area contributed by atoms with Gasteiger partial charge in [-0.2, -0.15) is 5.10 Å². The molecular weight excluding hydrogens is 478 g/mol. The Bertz CT molecular complexity index is 1610. The first-order chi connectivity index (χ1) is 18.5. The van der Waals surface area contributed by atoms with Gasteiger partial charge in [-0.05, 0) is 62.7 Å². The van der Waals surface area contributed by atoms with Crippen molar-refractivity contribution in [3.63, 3.8) is 0 Å². The van der Waals surface area contributed by atoms with E-state index in [2.05, 4.69) is 43.9 Å². The number of aryl methyl sites for hydroxylation is 1. The Morgan fingerprint density at radius 2 is 1.87 bits per heavy atom. The molecule has 9 nitrogen and oxygen atoms in total. The van der Waals surface area contributed by atoms with Gasteiger partial charge in [0, 0.05) is 66.8 Å². The van der Waals surface area contributed by atoms with Crippen molar-refractivity contribution < 1.29 is 9.21 Å². The van der Waals surface area contributed by atoms with Crippen LogP contribution >= 0.6 is 0 Å². The average Bonchev–Trinajstić information content (AvgIpc) is 3.63. The van der Waals surface area contributed by atoms with E-state index in [0.717, 1.165) is 57.8 Å². The Balaban J connectivity index is 1.32. The lowest BCUT2D eigenvalue weighted by Crippen LogP contribution is -2.50. The smallest absolute Gasteiger partial charge is 0.275 e. The van der Waals surface area contributed by atoms with Gasteiger partial charge in [0.25, 0.3) is 5.91 Å². The predicted octanol–water partition coefficient (Wildman–Crippen LogP) is 4.82. The van der Waals surface area contributed by atoms with Crippen LogP contribution in [0.3, 0.4) is 0 Å². The molecule has 1 fully saturated rings. The quantitative estimate of drug-likeness (QED) is 0.364. The highest BCUT2D eigenvalue weighted by Gasteiger charge is 2.25. The number of piperazine rings is 1. The van der Waals surface area contributed by atoms with Crippen LogP contribution < -0.4 is 0 Å². The molecule has 4 aromatic heterocycles. The number of aromatic amines is 1. The zero-order chi connectivity index (χ0) is 26.2. The van der Waals surface area contributed by atoms with Crippen LogP contribution in [0.2, 0.25) is 0 Å². The predicted molar refractivity (Wildman–Crippen MR) is 145 cm³/mol. The molecule has 1 aliphatic rings. The first kappa shape index (κ1) is 24.0. The van der Waals surface area contributed by atoms with Gasteiger partial charge >= 0.3 is 0 Å². The standard InChI is InChI=1S/C29H29N7O2/c1-18(2)35-11-13-36(14-12-35)29(37)26-17-38-28(33-26)20-7-8-24-22(15-20)21(9-10-30-24)23-16-31-34-27(23)25-6-4-5-19(3)32-25/h4-10,15-18H,11-14H2,1-3H3,(H,31,34). The van der Waals surface area contributed by atoms with E-state index < -0.39 is 0 Å². The molecule has 6 rings (SSSR count). The number of nitrogens with zero attached hydrogens (tertiary/aromatic N) is 6. The number of carbonyl (C=O) groups excluding carboxylic acids is 1. The molecule has 1 N–H and O–H groups in total. The van der Waals surface area contributed by atoms with Crippen molar-refractivity contribution >= 4 is 16.8 Å². The van der Waals surface area contributed by atoms with Crippen LogP contribution in [0, 0.1) is 6.92 Å². The number of amides is 1. The summed E-state index contributed by atoms with van der Waals surface area (Å²) in [7, 11) is 0. The summed E-state index contributed by atoms with van der Waals surface area (Å²) in [6, 6.07) is 14.2. The number of pyridine rings is 2. The van der Waals surface area contributed by atoms with Gasteiger partial charge in [-0.3, -0.25) is 24.8 Å². The van der Waals surface area contributed by atoms with Gasteiger partial charge in [0.15, 0.2) is 5.69 Å². The molecule has 0 radical (unpaired) electrons. The summed E-state index contributed by atoms with van der Waals surface area (Å²) in [4.78, 5) is 31.1. The molecule has 0 aliphatic carbocycles. The van der Waals surface area contributed by atoms with E-state index >= 15 is 0 Å². The van der Waals surface area contributed by atoms with Crippen molar-refractivity contribution in [1.29, 1.82) is 0 Å². The molecule has 0 spiro atoms. The van der Waals surface area contributed by atoms with E-state index in [4.69, 9.17) is 4.42 Å². The molecule has 38 heavy (non-hydrogen) atoms. The van der Waals surface area contributed by atoms with Crippen LogP contribution in [0.15, 0.2) is 65.5 Å². The maximum atomic E-state index is 13.1. The van der Waals surface area contributed by atoms with Crippen molar-refractivity contribution in [2.24, 2.45) is 0 Å². The van der Waals surface area contributed by atoms with Gasteiger partial charge in [0.1, 0.15) is 12.0 Å². The maximum absolute atomic E-state index is 13.1. The third-order valence-corrected chi connectivity index (χ3v) is 7.11. The summed E-state index contributed by atoms with van der Waals surface area (Å²) < 4.78 is 5.79. The van der Waals surface area contributed by atoms with Crippen LogP contribution in [0.25, 0.3) is 44.9 Å². The number of benzene rings is 1. The highest BCUT2D eigenvalue weighted by molar-refractivity contribution is 5.99. The zero-order valence-corrected chi connectivity index (χ0v) is 21.7. The number of nitrogens with one attached hydrogen (secondary N) is 1. The topological polar surface area (TPSA) is 104 Å². The first-order valence-corrected chi connectivity index (χ1v) is 12.8. The zero-order valence-electron chi connectivity index (χ0n) is 21.7. The summed E-state index contributed by atoms with van der Waals surface area (Å²) in [6.07, 6.45) is 5.12. The van der Waals surface area contributed by atoms with E-state index in [1.165, 1.54) is 6.26 Å². The summed E-state index contributed by atoms with van der Waals surface area (Å²) in [5.41, 5.74) is 6.32. The Hall–Kier alpha value is -4.37. The van der Waals surface area contributed by atoms with Crippen molar-refractivity contribution in [3.8, 4) is 34.0 Å². The van der Waals surface area contributed by atoms with Crippen molar-refractivity contribution in [2.45, 2.75) is 26.8 Å². The van der Waals surface area contributed by atoms with E-state index in [0.29, 0.717) is 30.7 Å². The summed E-state index contributed by atoms with van der Waals surface area (Å²) in [6.45, 7) is 9.42. The summed E-state index contributed by atoms with van der Waals surface area (Å²) in [5, 5.41) is 8.41. The van der Waals surface area contributed by atoms with Crippen LogP contribution in [-0.2, 0) is 0 Å². The number of rotatable bonds is 5. The third kappa shape index (κ3) is 4.45. The second-order valence-electron chi connectivity index (χ2n) is 9.86. The van der Waals surface area contributed by atoms with Crippen LogP contribution in [0.1, 0.15) is 30.0 Å². The summed E-state index contributed by atoms with van der Waals surface area (Å²) >= 11 is 0. The minimum absolute atomic E-state index is 0.0970. The van der Waals surface area contributed by atoms with E-state index in [-0.39, 0.29) is 5.91 Å². The van der Waals surface area contributed by atoms with Crippen LogP contribution in [0.5, 0.6) is 0 Å². The van der Waals surface area contributed by atoms with Gasteiger partial charge in [0.05, 0.1) is 11.2 Å². The maximum Gasteiger partial charge on any atom is 0.275 e. The Morgan fingerprint density at radius 1 is 1.03 bits per heavy atom. The fraction of sp³-hybridized carbons (Fsp3) is 0.276. The van der Waals surface area contributed by atoms with Crippen molar-refractivity contribution in [1.82, 2.24) is 34.9 Å². The monoisotopic (exact) mass is 507 g/mol. The molecule has 0 atom stereocenters. The fourth-order valence-electron chi connectivity index (χ4n) is 4.99. The van der Waals surface area contributed by atoms with Crippen LogP contribution in [-0.4, -0.2) is 73.1 Å². The lowest BCUT2D eigenvalue weighted by molar-refractivity contribution is 0.0590. The molecule has 5 aromatic rings. The van der Waals surface area contributed by atoms with Gasteiger partial charge in [-0.25, -0.2) is 4.98 Å². The molecule has 1 aromatic carbocycles. The highest BCUT2D eigenvalue weighted by atomic mass is 16.3. The second-order valence-corrected chi connectivity index (χ2v) is 9.86. The highest BCUT2D eigenvalue weighted by Crippen LogP contribution is 2.35. The lowest BCUT2D eigenvalue weighted by Gasteiger charge is -2.36. The van der Waals surface area contributed by atoms with E-state index in [1.807, 2.05) is 60.5 Å². The molecule has 9 heteroatoms. The fourth-order valence-corrected chi connectivity index (χ4v) is 4.99. The average molecular weight is 508 g/mol. The Kier molecular flexibility index (Phi) is 6.21. The lowest BCUT2D eigenvalue weighted by atomic mass is 9.99. The van der Waals surface area contributed by atoms with Gasteiger partial charge in [-0.15, -0.1) is 0 Å². The minimum atomic E-state index is -0.0970. The molecule has 1 amide bonds.